The second kappa shape index (κ2) is 7.86. The van der Waals surface area contributed by atoms with E-state index in [4.69, 9.17) is 0 Å². The van der Waals surface area contributed by atoms with Crippen LogP contribution in [0.4, 0.5) is 4.79 Å². The Hall–Kier alpha value is -0.460. The molecule has 2 atom stereocenters. The van der Waals surface area contributed by atoms with Crippen molar-refractivity contribution in [1.29, 1.82) is 0 Å². The third-order valence-corrected chi connectivity index (χ3v) is 4.12. The van der Waals surface area contributed by atoms with Crippen LogP contribution in [-0.4, -0.2) is 42.6 Å². The first-order valence-corrected chi connectivity index (χ1v) is 7.16. The molecular formula is C11H20ClN3O2S. The standard InChI is InChI=1S/C11H19N3O2S.ClH/c15-10(9-7-17-11(16)14-9)13-5-3-8-2-1-4-12-6-8;/h8-9,12H,1-7H2,(H,13,15)(H,14,16);1H/t8?,9-;/m0./s1. The Morgan fingerprint density at radius 3 is 2.94 bits per heavy atom. The lowest BCUT2D eigenvalue weighted by Gasteiger charge is -2.22. The Labute approximate surface area is 118 Å². The number of hydrogen-bond acceptors (Lipinski definition) is 4. The summed E-state index contributed by atoms with van der Waals surface area (Å²) in [6.45, 7) is 2.89. The first-order chi connectivity index (χ1) is 8.25. The van der Waals surface area contributed by atoms with E-state index in [2.05, 4.69) is 16.0 Å². The summed E-state index contributed by atoms with van der Waals surface area (Å²) >= 11 is 1.17. The topological polar surface area (TPSA) is 70.2 Å². The lowest BCUT2D eigenvalue weighted by atomic mass is 9.96. The molecule has 104 valence electrons. The minimum Gasteiger partial charge on any atom is -0.354 e. The zero-order valence-electron chi connectivity index (χ0n) is 10.2. The second-order valence-corrected chi connectivity index (χ2v) is 5.58. The highest BCUT2D eigenvalue weighted by Gasteiger charge is 2.27. The number of carbonyl (C=O) groups is 2. The summed E-state index contributed by atoms with van der Waals surface area (Å²) in [6, 6.07) is -0.336. The van der Waals surface area contributed by atoms with Gasteiger partial charge in [0.25, 0.3) is 5.24 Å². The summed E-state index contributed by atoms with van der Waals surface area (Å²) in [6.07, 6.45) is 3.50. The molecule has 1 unspecified atom stereocenters. The van der Waals surface area contributed by atoms with E-state index >= 15 is 0 Å². The summed E-state index contributed by atoms with van der Waals surface area (Å²) in [4.78, 5) is 22.6. The highest BCUT2D eigenvalue weighted by atomic mass is 35.5. The molecule has 2 aliphatic heterocycles. The average molecular weight is 294 g/mol. The molecule has 0 radical (unpaired) electrons. The van der Waals surface area contributed by atoms with Crippen molar-refractivity contribution in [2.45, 2.75) is 25.3 Å². The molecule has 2 fully saturated rings. The van der Waals surface area contributed by atoms with Gasteiger partial charge in [0, 0.05) is 12.3 Å². The molecular weight excluding hydrogens is 274 g/mol. The highest BCUT2D eigenvalue weighted by molar-refractivity contribution is 8.14. The Balaban J connectivity index is 0.00000162. The molecule has 0 aromatic rings. The largest absolute Gasteiger partial charge is 0.354 e. The molecule has 2 aliphatic rings. The normalized spacial score (nSPS) is 27.2. The number of halogens is 1. The van der Waals surface area contributed by atoms with E-state index in [1.165, 1.54) is 24.6 Å². The monoisotopic (exact) mass is 293 g/mol. The van der Waals surface area contributed by atoms with Crippen molar-refractivity contribution >= 4 is 35.3 Å². The third-order valence-electron chi connectivity index (χ3n) is 3.24. The predicted molar refractivity (Wildman–Crippen MR) is 75.2 cm³/mol. The first-order valence-electron chi connectivity index (χ1n) is 6.17. The van der Waals surface area contributed by atoms with Crippen molar-refractivity contribution < 1.29 is 9.59 Å². The fourth-order valence-electron chi connectivity index (χ4n) is 2.22. The van der Waals surface area contributed by atoms with Gasteiger partial charge in [0.05, 0.1) is 0 Å². The molecule has 5 nitrogen and oxygen atoms in total. The summed E-state index contributed by atoms with van der Waals surface area (Å²) in [7, 11) is 0. The van der Waals surface area contributed by atoms with Gasteiger partial charge in [-0.3, -0.25) is 9.59 Å². The minimum atomic E-state index is -0.336. The van der Waals surface area contributed by atoms with Crippen LogP contribution >= 0.6 is 24.2 Å². The Morgan fingerprint density at radius 1 is 1.50 bits per heavy atom. The molecule has 0 bridgehead atoms. The molecule has 0 saturated carbocycles. The fourth-order valence-corrected chi connectivity index (χ4v) is 3.00. The molecule has 18 heavy (non-hydrogen) atoms. The van der Waals surface area contributed by atoms with Gasteiger partial charge in [0.15, 0.2) is 0 Å². The molecule has 0 spiro atoms. The van der Waals surface area contributed by atoms with Crippen molar-refractivity contribution in [3.05, 3.63) is 0 Å². The van der Waals surface area contributed by atoms with Gasteiger partial charge >= 0.3 is 0 Å². The van der Waals surface area contributed by atoms with E-state index < -0.39 is 0 Å². The summed E-state index contributed by atoms with van der Waals surface area (Å²) in [5.74, 6) is 1.18. The zero-order chi connectivity index (χ0) is 12.1. The van der Waals surface area contributed by atoms with Gasteiger partial charge in [0.2, 0.25) is 5.91 Å². The van der Waals surface area contributed by atoms with E-state index in [0.717, 1.165) is 19.5 Å². The maximum Gasteiger partial charge on any atom is 0.279 e. The molecule has 2 saturated heterocycles. The lowest BCUT2D eigenvalue weighted by molar-refractivity contribution is -0.122. The first kappa shape index (κ1) is 15.6. The summed E-state index contributed by atoms with van der Waals surface area (Å²) in [5, 5.41) is 8.80. The number of thioether (sulfide) groups is 1. The number of nitrogens with one attached hydrogen (secondary N) is 3. The van der Waals surface area contributed by atoms with Crippen LogP contribution < -0.4 is 16.0 Å². The smallest absolute Gasteiger partial charge is 0.279 e. The van der Waals surface area contributed by atoms with Crippen LogP contribution in [0.5, 0.6) is 0 Å². The van der Waals surface area contributed by atoms with Crippen molar-refractivity contribution in [1.82, 2.24) is 16.0 Å². The number of amides is 2. The van der Waals surface area contributed by atoms with Crippen molar-refractivity contribution in [2.24, 2.45) is 5.92 Å². The van der Waals surface area contributed by atoms with E-state index in [0.29, 0.717) is 18.2 Å². The van der Waals surface area contributed by atoms with Gasteiger partial charge in [-0.05, 0) is 38.3 Å². The Kier molecular flexibility index (Phi) is 6.81. The molecule has 2 amide bonds. The predicted octanol–water partition coefficient (Wildman–Crippen LogP) is 0.739. The number of carbonyl (C=O) groups excluding carboxylic acids is 2. The van der Waals surface area contributed by atoms with Crippen LogP contribution in [0.3, 0.4) is 0 Å². The molecule has 3 N–H and O–H groups in total. The van der Waals surface area contributed by atoms with Gasteiger partial charge in [-0.1, -0.05) is 11.8 Å². The minimum absolute atomic E-state index is 0. The average Bonchev–Trinajstić information content (AvgIpc) is 2.77. The zero-order valence-corrected chi connectivity index (χ0v) is 11.9. The van der Waals surface area contributed by atoms with Crippen LogP contribution in [0.15, 0.2) is 0 Å². The maximum absolute atomic E-state index is 11.7. The fraction of sp³-hybridized carbons (Fsp3) is 0.818. The van der Waals surface area contributed by atoms with E-state index in [-0.39, 0.29) is 29.6 Å². The van der Waals surface area contributed by atoms with Crippen LogP contribution in [0, 0.1) is 5.92 Å². The number of hydrogen-bond donors (Lipinski definition) is 3. The van der Waals surface area contributed by atoms with Gasteiger partial charge in [-0.15, -0.1) is 12.4 Å². The SMILES string of the molecule is Cl.O=C1N[C@H](C(=O)NCCC2CCCNC2)CS1. The van der Waals surface area contributed by atoms with Crippen LogP contribution in [0.2, 0.25) is 0 Å². The molecule has 2 rings (SSSR count). The van der Waals surface area contributed by atoms with Crippen LogP contribution in [-0.2, 0) is 4.79 Å². The molecule has 0 aromatic heterocycles. The summed E-state index contributed by atoms with van der Waals surface area (Å²) < 4.78 is 0. The van der Waals surface area contributed by atoms with Gasteiger partial charge in [-0.25, -0.2) is 0 Å². The molecule has 0 aliphatic carbocycles. The Bertz CT molecular complexity index is 298. The van der Waals surface area contributed by atoms with E-state index in [9.17, 15) is 9.59 Å². The van der Waals surface area contributed by atoms with Crippen molar-refractivity contribution in [3.8, 4) is 0 Å². The highest BCUT2D eigenvalue weighted by Crippen LogP contribution is 2.14. The van der Waals surface area contributed by atoms with Crippen molar-refractivity contribution in [2.75, 3.05) is 25.4 Å². The number of piperidine rings is 1. The molecule has 0 aromatic carbocycles. The Morgan fingerprint density at radius 2 is 2.33 bits per heavy atom. The lowest BCUT2D eigenvalue weighted by Crippen LogP contribution is -2.43. The second-order valence-electron chi connectivity index (χ2n) is 4.59. The maximum atomic E-state index is 11.7. The van der Waals surface area contributed by atoms with Crippen molar-refractivity contribution in [3.63, 3.8) is 0 Å². The van der Waals surface area contributed by atoms with Crippen LogP contribution in [0.1, 0.15) is 19.3 Å². The van der Waals surface area contributed by atoms with E-state index in [1.807, 2.05) is 0 Å². The number of rotatable bonds is 4. The third kappa shape index (κ3) is 4.66. The van der Waals surface area contributed by atoms with Gasteiger partial charge < -0.3 is 16.0 Å². The molecule has 2 heterocycles. The van der Waals surface area contributed by atoms with Gasteiger partial charge in [0.1, 0.15) is 6.04 Å². The van der Waals surface area contributed by atoms with E-state index in [1.54, 1.807) is 0 Å². The summed E-state index contributed by atoms with van der Waals surface area (Å²) in [5.41, 5.74) is 0. The van der Waals surface area contributed by atoms with Gasteiger partial charge in [-0.2, -0.15) is 0 Å². The van der Waals surface area contributed by atoms with Crippen LogP contribution in [0.25, 0.3) is 0 Å². The quantitative estimate of drug-likeness (QED) is 0.715. The molecule has 7 heteroatoms.